The van der Waals surface area contributed by atoms with Crippen LogP contribution in [0.1, 0.15) is 30.0 Å². The number of fused-ring (bicyclic) bond motifs is 1. The van der Waals surface area contributed by atoms with Crippen molar-refractivity contribution < 1.29 is 13.2 Å². The lowest BCUT2D eigenvalue weighted by Crippen LogP contribution is -2.49. The molecule has 3 heterocycles. The highest BCUT2D eigenvalue weighted by molar-refractivity contribution is 7.89. The van der Waals surface area contributed by atoms with Crippen LogP contribution in [-0.4, -0.2) is 61.6 Å². The first-order chi connectivity index (χ1) is 17.2. The molecule has 0 saturated carbocycles. The maximum atomic E-state index is 13.4. The number of amides is 1. The summed E-state index contributed by atoms with van der Waals surface area (Å²) >= 11 is 0. The number of hydrogen-bond acceptors (Lipinski definition) is 6. The van der Waals surface area contributed by atoms with E-state index < -0.39 is 10.0 Å². The molecular weight excluding hydrogens is 474 g/mol. The zero-order valence-electron chi connectivity index (χ0n) is 20.9. The Morgan fingerprint density at radius 3 is 2.31 bits per heavy atom. The quantitative estimate of drug-likeness (QED) is 0.539. The van der Waals surface area contributed by atoms with Gasteiger partial charge in [-0.1, -0.05) is 12.1 Å². The third-order valence-corrected chi connectivity index (χ3v) is 9.10. The van der Waals surface area contributed by atoms with Gasteiger partial charge in [-0.15, -0.1) is 10.2 Å². The van der Waals surface area contributed by atoms with Gasteiger partial charge in [-0.3, -0.25) is 4.79 Å². The van der Waals surface area contributed by atoms with Crippen molar-refractivity contribution >= 4 is 27.4 Å². The van der Waals surface area contributed by atoms with E-state index in [0.29, 0.717) is 32.7 Å². The summed E-state index contributed by atoms with van der Waals surface area (Å²) < 4.78 is 28.3. The zero-order valence-corrected chi connectivity index (χ0v) is 21.8. The molecule has 0 bridgehead atoms. The van der Waals surface area contributed by atoms with Gasteiger partial charge in [0.25, 0.3) is 0 Å². The zero-order chi connectivity index (χ0) is 25.4. The number of piperazine rings is 1. The summed E-state index contributed by atoms with van der Waals surface area (Å²) in [4.78, 5) is 16.0. The molecule has 2 aromatic carbocycles. The number of carbonyl (C=O) groups excluding carboxylic acids is 1. The Kier molecular flexibility index (Phi) is 6.53. The Hall–Kier alpha value is -3.30. The Morgan fingerprint density at radius 1 is 0.861 bits per heavy atom. The Morgan fingerprint density at radius 2 is 1.64 bits per heavy atom. The second-order valence-electron chi connectivity index (χ2n) is 9.53. The summed E-state index contributed by atoms with van der Waals surface area (Å²) in [6.45, 7) is 8.21. The first-order valence-electron chi connectivity index (χ1n) is 12.3. The minimum atomic E-state index is -3.62. The minimum Gasteiger partial charge on any atom is -0.352 e. The summed E-state index contributed by atoms with van der Waals surface area (Å²) in [5, 5.41) is 8.84. The molecule has 1 saturated heterocycles. The van der Waals surface area contributed by atoms with Crippen LogP contribution in [0.5, 0.6) is 0 Å². The highest BCUT2D eigenvalue weighted by atomic mass is 32.2. The minimum absolute atomic E-state index is 0.0206. The average Bonchev–Trinajstić information content (AvgIpc) is 2.89. The van der Waals surface area contributed by atoms with Crippen LogP contribution >= 0.6 is 0 Å². The van der Waals surface area contributed by atoms with Gasteiger partial charge in [0.05, 0.1) is 10.6 Å². The molecule has 1 aromatic heterocycles. The highest BCUT2D eigenvalue weighted by Crippen LogP contribution is 2.31. The molecule has 1 fully saturated rings. The molecule has 0 N–H and O–H groups in total. The van der Waals surface area contributed by atoms with Crippen LogP contribution in [-0.2, 0) is 21.2 Å². The van der Waals surface area contributed by atoms with E-state index in [1.807, 2.05) is 18.2 Å². The van der Waals surface area contributed by atoms with Crippen LogP contribution in [0, 0.1) is 13.8 Å². The normalized spacial score (nSPS) is 16.6. The van der Waals surface area contributed by atoms with Crippen LogP contribution in [0.3, 0.4) is 0 Å². The topological polar surface area (TPSA) is 86.7 Å². The maximum absolute atomic E-state index is 13.4. The van der Waals surface area contributed by atoms with Crippen molar-refractivity contribution in [1.82, 2.24) is 14.5 Å². The van der Waals surface area contributed by atoms with Gasteiger partial charge in [-0.2, -0.15) is 4.31 Å². The number of anilines is 2. The molecule has 188 valence electrons. The van der Waals surface area contributed by atoms with E-state index in [0.717, 1.165) is 41.2 Å². The Bertz CT molecular complexity index is 1400. The van der Waals surface area contributed by atoms with E-state index in [9.17, 15) is 13.2 Å². The smallest absolute Gasteiger partial charge is 0.243 e. The number of carbonyl (C=O) groups is 1. The monoisotopic (exact) mass is 505 g/mol. The number of hydrogen-bond donors (Lipinski definition) is 0. The highest BCUT2D eigenvalue weighted by Gasteiger charge is 2.30. The van der Waals surface area contributed by atoms with Crippen molar-refractivity contribution in [2.75, 3.05) is 42.5 Å². The first kappa shape index (κ1) is 24.4. The van der Waals surface area contributed by atoms with Crippen molar-refractivity contribution in [1.29, 1.82) is 0 Å². The molecule has 2 aliphatic rings. The lowest BCUT2D eigenvalue weighted by atomic mass is 10.0. The standard InChI is InChI=1S/C27H31N5O3S/c1-19-6-7-22(17-20(19)2)25-9-11-27(29-28-25)30-13-15-31(16-14-30)36(34,35)24-8-10-26-23(18-24)5-4-12-32(26)21(3)33/h6-11,17-18H,4-5,12-16H2,1-3H3. The predicted molar refractivity (Wildman–Crippen MR) is 141 cm³/mol. The van der Waals surface area contributed by atoms with Crippen molar-refractivity contribution in [3.8, 4) is 11.3 Å². The Labute approximate surface area is 212 Å². The predicted octanol–water partition coefficient (Wildman–Crippen LogP) is 3.57. The Balaban J connectivity index is 1.27. The van der Waals surface area contributed by atoms with Crippen molar-refractivity contribution in [3.05, 3.63) is 65.2 Å². The van der Waals surface area contributed by atoms with Crippen LogP contribution < -0.4 is 9.80 Å². The summed E-state index contributed by atoms with van der Waals surface area (Å²) in [5.41, 5.74) is 6.04. The van der Waals surface area contributed by atoms with E-state index >= 15 is 0 Å². The van der Waals surface area contributed by atoms with E-state index in [2.05, 4.69) is 41.1 Å². The number of sulfonamides is 1. The summed E-state index contributed by atoms with van der Waals surface area (Å²) in [7, 11) is -3.62. The van der Waals surface area contributed by atoms with E-state index in [1.165, 1.54) is 15.4 Å². The number of nitrogens with zero attached hydrogens (tertiary/aromatic N) is 5. The van der Waals surface area contributed by atoms with Gasteiger partial charge < -0.3 is 9.80 Å². The molecule has 36 heavy (non-hydrogen) atoms. The maximum Gasteiger partial charge on any atom is 0.243 e. The molecule has 1 amide bonds. The largest absolute Gasteiger partial charge is 0.352 e. The van der Waals surface area contributed by atoms with Gasteiger partial charge in [0.15, 0.2) is 5.82 Å². The fourth-order valence-corrected chi connectivity index (χ4v) is 6.39. The number of aromatic nitrogens is 2. The van der Waals surface area contributed by atoms with Gasteiger partial charge in [-0.05, 0) is 79.8 Å². The van der Waals surface area contributed by atoms with E-state index in [4.69, 9.17) is 0 Å². The fourth-order valence-electron chi connectivity index (χ4n) is 4.92. The summed E-state index contributed by atoms with van der Waals surface area (Å²) in [6, 6.07) is 15.3. The van der Waals surface area contributed by atoms with Crippen LogP contribution in [0.4, 0.5) is 11.5 Å². The molecule has 5 rings (SSSR count). The third kappa shape index (κ3) is 4.60. The molecule has 9 heteroatoms. The second-order valence-corrected chi connectivity index (χ2v) is 11.5. The van der Waals surface area contributed by atoms with Crippen molar-refractivity contribution in [2.45, 2.75) is 38.5 Å². The molecule has 8 nitrogen and oxygen atoms in total. The third-order valence-electron chi connectivity index (χ3n) is 7.20. The number of benzene rings is 2. The number of aryl methyl sites for hydroxylation is 3. The fraction of sp³-hybridized carbons (Fsp3) is 0.370. The lowest BCUT2D eigenvalue weighted by molar-refractivity contribution is -0.116. The molecular formula is C27H31N5O3S. The van der Waals surface area contributed by atoms with E-state index in [1.54, 1.807) is 30.0 Å². The molecule has 0 radical (unpaired) electrons. The van der Waals surface area contributed by atoms with Crippen molar-refractivity contribution in [3.63, 3.8) is 0 Å². The van der Waals surface area contributed by atoms with Crippen LogP contribution in [0.2, 0.25) is 0 Å². The van der Waals surface area contributed by atoms with Gasteiger partial charge in [0.2, 0.25) is 15.9 Å². The SMILES string of the molecule is CC(=O)N1CCCc2cc(S(=O)(=O)N3CCN(c4ccc(-c5ccc(C)c(C)c5)nn4)CC3)ccc21. The molecule has 0 aliphatic carbocycles. The first-order valence-corrected chi connectivity index (χ1v) is 13.8. The molecule has 3 aromatic rings. The summed E-state index contributed by atoms with van der Waals surface area (Å²) in [5.74, 6) is 0.727. The van der Waals surface area contributed by atoms with Crippen LogP contribution in [0.15, 0.2) is 53.4 Å². The van der Waals surface area contributed by atoms with E-state index in [-0.39, 0.29) is 10.8 Å². The molecule has 0 atom stereocenters. The van der Waals surface area contributed by atoms with Gasteiger partial charge >= 0.3 is 0 Å². The molecule has 0 spiro atoms. The molecule has 2 aliphatic heterocycles. The van der Waals surface area contributed by atoms with Crippen LogP contribution in [0.25, 0.3) is 11.3 Å². The average molecular weight is 506 g/mol. The molecule has 0 unspecified atom stereocenters. The number of rotatable bonds is 4. The van der Waals surface area contributed by atoms with Gasteiger partial charge in [0, 0.05) is 50.9 Å². The second kappa shape index (κ2) is 9.63. The van der Waals surface area contributed by atoms with Gasteiger partial charge in [0.1, 0.15) is 0 Å². The van der Waals surface area contributed by atoms with Gasteiger partial charge in [-0.25, -0.2) is 8.42 Å². The summed E-state index contributed by atoms with van der Waals surface area (Å²) in [6.07, 6.45) is 1.60. The lowest BCUT2D eigenvalue weighted by Gasteiger charge is -2.35. The van der Waals surface area contributed by atoms with Crippen molar-refractivity contribution in [2.24, 2.45) is 0 Å².